The lowest BCUT2D eigenvalue weighted by molar-refractivity contribution is 0.521. The van der Waals surface area contributed by atoms with Gasteiger partial charge in [0.1, 0.15) is 10.7 Å². The SMILES string of the molecule is Cc1sc2nc(-c3ccc(S(=O)(=O)N(C)C)cc3)[nH]c(=O)c2c1C. The van der Waals surface area contributed by atoms with Gasteiger partial charge in [0, 0.05) is 24.5 Å². The first-order chi connectivity index (χ1) is 11.2. The van der Waals surface area contributed by atoms with Crippen molar-refractivity contribution in [1.82, 2.24) is 14.3 Å². The Balaban J connectivity index is 2.10. The number of hydrogen-bond donors (Lipinski definition) is 1. The van der Waals surface area contributed by atoms with Gasteiger partial charge in [-0.3, -0.25) is 4.79 Å². The number of sulfonamides is 1. The van der Waals surface area contributed by atoms with E-state index < -0.39 is 10.0 Å². The molecule has 3 rings (SSSR count). The molecular formula is C16H17N3O3S2. The highest BCUT2D eigenvalue weighted by Gasteiger charge is 2.17. The molecule has 8 heteroatoms. The third kappa shape index (κ3) is 2.66. The van der Waals surface area contributed by atoms with Gasteiger partial charge < -0.3 is 4.98 Å². The van der Waals surface area contributed by atoms with E-state index >= 15 is 0 Å². The molecule has 0 unspecified atom stereocenters. The van der Waals surface area contributed by atoms with Gasteiger partial charge in [0.05, 0.1) is 10.3 Å². The van der Waals surface area contributed by atoms with Crippen LogP contribution < -0.4 is 5.56 Å². The smallest absolute Gasteiger partial charge is 0.260 e. The summed E-state index contributed by atoms with van der Waals surface area (Å²) in [4.78, 5) is 21.6. The Morgan fingerprint density at radius 2 is 1.75 bits per heavy atom. The predicted molar refractivity (Wildman–Crippen MR) is 96.0 cm³/mol. The number of benzene rings is 1. The Morgan fingerprint density at radius 3 is 2.33 bits per heavy atom. The van der Waals surface area contributed by atoms with E-state index in [0.717, 1.165) is 14.7 Å². The molecule has 126 valence electrons. The van der Waals surface area contributed by atoms with E-state index in [1.807, 2.05) is 13.8 Å². The molecule has 0 bridgehead atoms. The molecule has 0 spiro atoms. The molecular weight excluding hydrogens is 346 g/mol. The van der Waals surface area contributed by atoms with Gasteiger partial charge in [0.15, 0.2) is 0 Å². The molecule has 2 aromatic heterocycles. The number of nitrogens with zero attached hydrogens (tertiary/aromatic N) is 2. The fourth-order valence-corrected chi connectivity index (χ4v) is 4.32. The number of aryl methyl sites for hydroxylation is 2. The molecule has 2 heterocycles. The van der Waals surface area contributed by atoms with Crippen molar-refractivity contribution in [3.63, 3.8) is 0 Å². The molecule has 1 N–H and O–H groups in total. The second-order valence-electron chi connectivity index (χ2n) is 5.69. The van der Waals surface area contributed by atoms with E-state index in [2.05, 4.69) is 9.97 Å². The number of nitrogens with one attached hydrogen (secondary N) is 1. The van der Waals surface area contributed by atoms with Crippen molar-refractivity contribution in [1.29, 1.82) is 0 Å². The highest BCUT2D eigenvalue weighted by atomic mass is 32.2. The molecule has 6 nitrogen and oxygen atoms in total. The summed E-state index contributed by atoms with van der Waals surface area (Å²) in [7, 11) is -0.510. The topological polar surface area (TPSA) is 83.1 Å². The maximum absolute atomic E-state index is 12.3. The van der Waals surface area contributed by atoms with Crippen molar-refractivity contribution < 1.29 is 8.42 Å². The van der Waals surface area contributed by atoms with Crippen molar-refractivity contribution in [3.05, 3.63) is 45.1 Å². The standard InChI is InChI=1S/C16H17N3O3S2/c1-9-10(2)23-16-13(9)15(20)17-14(18-16)11-5-7-12(8-6-11)24(21,22)19(3)4/h5-8H,1-4H3,(H,17,18,20). The number of rotatable bonds is 3. The quantitative estimate of drug-likeness (QED) is 0.775. The maximum Gasteiger partial charge on any atom is 0.260 e. The Kier molecular flexibility index (Phi) is 4.06. The Bertz CT molecular complexity index is 1080. The van der Waals surface area contributed by atoms with Gasteiger partial charge in [-0.15, -0.1) is 11.3 Å². The van der Waals surface area contributed by atoms with Gasteiger partial charge in [-0.25, -0.2) is 17.7 Å². The van der Waals surface area contributed by atoms with Crippen LogP contribution in [0.3, 0.4) is 0 Å². The second kappa shape index (κ2) is 5.80. The summed E-state index contributed by atoms with van der Waals surface area (Å²) in [5, 5.41) is 0.619. The van der Waals surface area contributed by atoms with Crippen LogP contribution in [-0.4, -0.2) is 36.8 Å². The van der Waals surface area contributed by atoms with Crippen LogP contribution in [0.5, 0.6) is 0 Å². The van der Waals surface area contributed by atoms with Crippen molar-refractivity contribution in [3.8, 4) is 11.4 Å². The van der Waals surface area contributed by atoms with Crippen LogP contribution in [0.1, 0.15) is 10.4 Å². The zero-order valence-corrected chi connectivity index (χ0v) is 15.4. The first kappa shape index (κ1) is 16.8. The number of hydrogen-bond acceptors (Lipinski definition) is 5. The molecule has 0 fully saturated rings. The molecule has 0 amide bonds. The van der Waals surface area contributed by atoms with Gasteiger partial charge in [0.2, 0.25) is 10.0 Å². The maximum atomic E-state index is 12.3. The van der Waals surface area contributed by atoms with Crippen molar-refractivity contribution in [2.24, 2.45) is 0 Å². The summed E-state index contributed by atoms with van der Waals surface area (Å²) >= 11 is 1.48. The molecule has 0 atom stereocenters. The van der Waals surface area contributed by atoms with Gasteiger partial charge in [-0.05, 0) is 43.7 Å². The average Bonchev–Trinajstić information content (AvgIpc) is 2.82. The lowest BCUT2D eigenvalue weighted by atomic mass is 10.2. The zero-order chi connectivity index (χ0) is 17.6. The highest BCUT2D eigenvalue weighted by Crippen LogP contribution is 2.27. The summed E-state index contributed by atoms with van der Waals surface area (Å²) in [6, 6.07) is 6.32. The highest BCUT2D eigenvalue weighted by molar-refractivity contribution is 7.89. The molecule has 3 aromatic rings. The van der Waals surface area contributed by atoms with E-state index in [0.29, 0.717) is 21.6 Å². The van der Waals surface area contributed by atoms with E-state index in [4.69, 9.17) is 0 Å². The molecule has 0 saturated carbocycles. The molecule has 24 heavy (non-hydrogen) atoms. The van der Waals surface area contributed by atoms with Crippen molar-refractivity contribution in [2.45, 2.75) is 18.7 Å². The summed E-state index contributed by atoms with van der Waals surface area (Å²) in [5.41, 5.74) is 1.43. The van der Waals surface area contributed by atoms with Gasteiger partial charge in [-0.2, -0.15) is 0 Å². The van der Waals surface area contributed by atoms with Crippen LogP contribution in [0, 0.1) is 13.8 Å². The van der Waals surface area contributed by atoms with E-state index in [9.17, 15) is 13.2 Å². The van der Waals surface area contributed by atoms with E-state index in [1.165, 1.54) is 37.6 Å². The third-order valence-corrected chi connectivity index (χ3v) is 6.88. The van der Waals surface area contributed by atoms with Crippen LogP contribution in [-0.2, 0) is 10.0 Å². The first-order valence-corrected chi connectivity index (χ1v) is 9.50. The van der Waals surface area contributed by atoms with Gasteiger partial charge in [-0.1, -0.05) is 0 Å². The van der Waals surface area contributed by atoms with Gasteiger partial charge >= 0.3 is 0 Å². The van der Waals surface area contributed by atoms with E-state index in [1.54, 1.807) is 12.1 Å². The Hall–Kier alpha value is -2.03. The number of fused-ring (bicyclic) bond motifs is 1. The summed E-state index contributed by atoms with van der Waals surface area (Å²) in [6.45, 7) is 3.87. The lowest BCUT2D eigenvalue weighted by Crippen LogP contribution is -2.22. The average molecular weight is 363 g/mol. The largest absolute Gasteiger partial charge is 0.306 e. The summed E-state index contributed by atoms with van der Waals surface area (Å²) < 4.78 is 25.4. The zero-order valence-electron chi connectivity index (χ0n) is 13.7. The minimum absolute atomic E-state index is 0.179. The fraction of sp³-hybridized carbons (Fsp3) is 0.250. The number of aromatic nitrogens is 2. The predicted octanol–water partition coefficient (Wildman–Crippen LogP) is 2.52. The van der Waals surface area contributed by atoms with Crippen LogP contribution in [0.25, 0.3) is 21.6 Å². The molecule has 0 saturated heterocycles. The molecule has 1 aromatic carbocycles. The summed E-state index contributed by atoms with van der Waals surface area (Å²) in [6.07, 6.45) is 0. The molecule has 0 radical (unpaired) electrons. The number of thiophene rings is 1. The Morgan fingerprint density at radius 1 is 1.12 bits per heavy atom. The van der Waals surface area contributed by atoms with E-state index in [-0.39, 0.29) is 10.5 Å². The fourth-order valence-electron chi connectivity index (χ4n) is 2.39. The first-order valence-electron chi connectivity index (χ1n) is 7.25. The molecule has 0 aliphatic heterocycles. The summed E-state index contributed by atoms with van der Waals surface area (Å²) in [5.74, 6) is 0.433. The van der Waals surface area contributed by atoms with Gasteiger partial charge in [0.25, 0.3) is 5.56 Å². The monoisotopic (exact) mass is 363 g/mol. The second-order valence-corrected chi connectivity index (χ2v) is 9.04. The van der Waals surface area contributed by atoms with Crippen molar-refractivity contribution in [2.75, 3.05) is 14.1 Å². The molecule has 0 aliphatic carbocycles. The van der Waals surface area contributed by atoms with Crippen molar-refractivity contribution >= 4 is 31.6 Å². The Labute approximate surface area is 143 Å². The number of H-pyrrole nitrogens is 1. The van der Waals surface area contributed by atoms with Crippen LogP contribution in [0.4, 0.5) is 0 Å². The normalized spacial score (nSPS) is 12.2. The lowest BCUT2D eigenvalue weighted by Gasteiger charge is -2.11. The minimum Gasteiger partial charge on any atom is -0.306 e. The van der Waals surface area contributed by atoms with Crippen LogP contribution in [0.2, 0.25) is 0 Å². The van der Waals surface area contributed by atoms with Crippen LogP contribution in [0.15, 0.2) is 34.0 Å². The minimum atomic E-state index is -3.48. The number of aromatic amines is 1. The van der Waals surface area contributed by atoms with Crippen LogP contribution >= 0.6 is 11.3 Å². The molecule has 0 aliphatic rings. The third-order valence-electron chi connectivity index (χ3n) is 3.95.